The molecule has 3 nitrogen and oxygen atoms in total. The molecule has 11 heavy (non-hydrogen) atoms. The van der Waals surface area contributed by atoms with Crippen molar-refractivity contribution in [1.29, 1.82) is 0 Å². The zero-order valence-corrected chi connectivity index (χ0v) is 7.14. The van der Waals surface area contributed by atoms with E-state index in [0.29, 0.717) is 0 Å². The second-order valence-corrected chi connectivity index (χ2v) is 3.55. The Hall–Kier alpha value is -1.03. The number of nitrogens with zero attached hydrogens (tertiary/aromatic N) is 3. The molecular formula is C7H7N3S. The van der Waals surface area contributed by atoms with Gasteiger partial charge in [-0.15, -0.1) is 11.3 Å². The van der Waals surface area contributed by atoms with Crippen LogP contribution in [0.25, 0.3) is 10.3 Å². The Morgan fingerprint density at radius 1 is 1.27 bits per heavy atom. The average molecular weight is 165 g/mol. The number of thiazole rings is 1. The highest BCUT2D eigenvalue weighted by molar-refractivity contribution is 7.18. The smallest absolute Gasteiger partial charge is 0.173 e. The molecule has 0 fully saturated rings. The molecule has 0 unspecified atom stereocenters. The van der Waals surface area contributed by atoms with Crippen molar-refractivity contribution in [3.8, 4) is 0 Å². The lowest BCUT2D eigenvalue weighted by Crippen LogP contribution is -1.82. The maximum atomic E-state index is 4.24. The van der Waals surface area contributed by atoms with Crippen molar-refractivity contribution >= 4 is 21.7 Å². The van der Waals surface area contributed by atoms with Gasteiger partial charge in [0.25, 0.3) is 0 Å². The average Bonchev–Trinajstić information content (AvgIpc) is 2.31. The molecule has 2 heterocycles. The number of fused-ring (bicyclic) bond motifs is 1. The van der Waals surface area contributed by atoms with Crippen LogP contribution in [0.4, 0.5) is 0 Å². The Bertz CT molecular complexity index is 393. The van der Waals surface area contributed by atoms with Crippen LogP contribution in [0.3, 0.4) is 0 Å². The molecule has 0 N–H and O–H groups in total. The van der Waals surface area contributed by atoms with Gasteiger partial charge in [-0.2, -0.15) is 0 Å². The fourth-order valence-electron chi connectivity index (χ4n) is 0.968. The zero-order chi connectivity index (χ0) is 7.84. The van der Waals surface area contributed by atoms with Crippen LogP contribution >= 0.6 is 11.3 Å². The lowest BCUT2D eigenvalue weighted by atomic mass is 10.4. The minimum absolute atomic E-state index is 0.819. The standard InChI is InChI=1S/C7H7N3S/c1-4-6-7(9-3-8-4)10-5(2)11-6/h3H,1-2H3. The number of rotatable bonds is 0. The number of aromatic nitrogens is 3. The van der Waals surface area contributed by atoms with Gasteiger partial charge in [0.2, 0.25) is 0 Å². The Morgan fingerprint density at radius 2 is 2.09 bits per heavy atom. The maximum absolute atomic E-state index is 4.24. The van der Waals surface area contributed by atoms with E-state index in [-0.39, 0.29) is 0 Å². The van der Waals surface area contributed by atoms with E-state index in [1.165, 1.54) is 0 Å². The summed E-state index contributed by atoms with van der Waals surface area (Å²) >= 11 is 1.64. The molecule has 0 bridgehead atoms. The SMILES string of the molecule is Cc1nc2ncnc(C)c2s1. The van der Waals surface area contributed by atoms with Crippen molar-refractivity contribution in [3.05, 3.63) is 17.0 Å². The summed E-state index contributed by atoms with van der Waals surface area (Å²) in [7, 11) is 0. The summed E-state index contributed by atoms with van der Waals surface area (Å²) < 4.78 is 1.10. The molecular weight excluding hydrogens is 158 g/mol. The van der Waals surface area contributed by atoms with Crippen LogP contribution in [0.15, 0.2) is 6.33 Å². The van der Waals surface area contributed by atoms with Crippen LogP contribution < -0.4 is 0 Å². The molecule has 0 aliphatic heterocycles. The largest absolute Gasteiger partial charge is 0.240 e. The van der Waals surface area contributed by atoms with Crippen molar-refractivity contribution in [2.45, 2.75) is 13.8 Å². The van der Waals surface area contributed by atoms with Crippen LogP contribution in [0.2, 0.25) is 0 Å². The molecule has 0 aromatic carbocycles. The summed E-state index contributed by atoms with van der Waals surface area (Å²) in [6.07, 6.45) is 1.55. The molecule has 0 spiro atoms. The summed E-state index contributed by atoms with van der Waals surface area (Å²) in [6, 6.07) is 0. The van der Waals surface area contributed by atoms with Crippen LogP contribution in [-0.4, -0.2) is 15.0 Å². The van der Waals surface area contributed by atoms with E-state index in [1.54, 1.807) is 17.7 Å². The van der Waals surface area contributed by atoms with Gasteiger partial charge < -0.3 is 0 Å². The van der Waals surface area contributed by atoms with Gasteiger partial charge in [0, 0.05) is 0 Å². The summed E-state index contributed by atoms with van der Waals surface area (Å²) in [6.45, 7) is 3.95. The summed E-state index contributed by atoms with van der Waals surface area (Å²) in [5.41, 5.74) is 1.83. The molecule has 0 saturated heterocycles. The summed E-state index contributed by atoms with van der Waals surface area (Å²) in [4.78, 5) is 12.4. The van der Waals surface area contributed by atoms with E-state index in [2.05, 4.69) is 15.0 Å². The first-order valence-corrected chi connectivity index (χ1v) is 4.14. The third-order valence-corrected chi connectivity index (χ3v) is 2.55. The van der Waals surface area contributed by atoms with E-state index in [4.69, 9.17) is 0 Å². The highest BCUT2D eigenvalue weighted by atomic mass is 32.1. The molecule has 0 atom stereocenters. The number of aryl methyl sites for hydroxylation is 2. The predicted molar refractivity (Wildman–Crippen MR) is 44.7 cm³/mol. The first-order valence-electron chi connectivity index (χ1n) is 3.32. The minimum atomic E-state index is 0.819. The van der Waals surface area contributed by atoms with Gasteiger partial charge in [-0.1, -0.05) is 0 Å². The molecule has 0 aliphatic carbocycles. The van der Waals surface area contributed by atoms with Crippen LogP contribution in [0.1, 0.15) is 10.7 Å². The first-order chi connectivity index (χ1) is 5.27. The summed E-state index contributed by atoms with van der Waals surface area (Å²) in [5.74, 6) is 0. The molecule has 0 aliphatic rings. The van der Waals surface area contributed by atoms with E-state index < -0.39 is 0 Å². The van der Waals surface area contributed by atoms with Gasteiger partial charge in [0.15, 0.2) is 5.65 Å². The van der Waals surface area contributed by atoms with E-state index in [0.717, 1.165) is 21.0 Å². The Labute approximate surface area is 68.1 Å². The predicted octanol–water partition coefficient (Wildman–Crippen LogP) is 1.70. The van der Waals surface area contributed by atoms with Crippen molar-refractivity contribution in [2.75, 3.05) is 0 Å². The Balaban J connectivity index is 2.90. The highest BCUT2D eigenvalue weighted by Crippen LogP contribution is 2.20. The maximum Gasteiger partial charge on any atom is 0.173 e. The van der Waals surface area contributed by atoms with E-state index >= 15 is 0 Å². The van der Waals surface area contributed by atoms with Gasteiger partial charge in [-0.3, -0.25) is 0 Å². The van der Waals surface area contributed by atoms with Gasteiger partial charge in [0.1, 0.15) is 6.33 Å². The molecule has 56 valence electrons. The quantitative estimate of drug-likeness (QED) is 0.596. The van der Waals surface area contributed by atoms with Crippen LogP contribution in [0, 0.1) is 13.8 Å². The normalized spacial score (nSPS) is 10.7. The number of hydrogen-bond donors (Lipinski definition) is 0. The van der Waals surface area contributed by atoms with Crippen LogP contribution in [0.5, 0.6) is 0 Å². The molecule has 0 amide bonds. The summed E-state index contributed by atoms with van der Waals surface area (Å²) in [5, 5.41) is 1.05. The van der Waals surface area contributed by atoms with E-state index in [1.807, 2.05) is 13.8 Å². The van der Waals surface area contributed by atoms with Crippen molar-refractivity contribution in [2.24, 2.45) is 0 Å². The zero-order valence-electron chi connectivity index (χ0n) is 6.33. The molecule has 2 aromatic heterocycles. The van der Waals surface area contributed by atoms with E-state index in [9.17, 15) is 0 Å². The molecule has 0 radical (unpaired) electrons. The Morgan fingerprint density at radius 3 is 2.82 bits per heavy atom. The minimum Gasteiger partial charge on any atom is -0.240 e. The van der Waals surface area contributed by atoms with Crippen molar-refractivity contribution in [1.82, 2.24) is 15.0 Å². The molecule has 2 rings (SSSR count). The lowest BCUT2D eigenvalue weighted by Gasteiger charge is -1.88. The fraction of sp³-hybridized carbons (Fsp3) is 0.286. The number of hydrogen-bond acceptors (Lipinski definition) is 4. The van der Waals surface area contributed by atoms with Gasteiger partial charge in [0.05, 0.1) is 15.4 Å². The molecule has 2 aromatic rings. The second kappa shape index (κ2) is 2.23. The van der Waals surface area contributed by atoms with Crippen molar-refractivity contribution < 1.29 is 0 Å². The lowest BCUT2D eigenvalue weighted by molar-refractivity contribution is 1.14. The van der Waals surface area contributed by atoms with Crippen molar-refractivity contribution in [3.63, 3.8) is 0 Å². The van der Waals surface area contributed by atoms with Gasteiger partial charge >= 0.3 is 0 Å². The first kappa shape index (κ1) is 6.67. The monoisotopic (exact) mass is 165 g/mol. The third-order valence-electron chi connectivity index (χ3n) is 1.48. The second-order valence-electron chi connectivity index (χ2n) is 2.34. The van der Waals surface area contributed by atoms with Crippen LogP contribution in [-0.2, 0) is 0 Å². The Kier molecular flexibility index (Phi) is 1.35. The van der Waals surface area contributed by atoms with Gasteiger partial charge in [-0.25, -0.2) is 15.0 Å². The molecule has 4 heteroatoms. The fourth-order valence-corrected chi connectivity index (χ4v) is 1.79. The molecule has 0 saturated carbocycles. The topological polar surface area (TPSA) is 38.7 Å². The third kappa shape index (κ3) is 0.991. The van der Waals surface area contributed by atoms with Gasteiger partial charge in [-0.05, 0) is 13.8 Å². The highest BCUT2D eigenvalue weighted by Gasteiger charge is 2.03.